The van der Waals surface area contributed by atoms with Crippen LogP contribution < -0.4 is 5.48 Å². The minimum atomic E-state index is -0.648. The van der Waals surface area contributed by atoms with Crippen molar-refractivity contribution >= 4 is 17.5 Å². The maximum Gasteiger partial charge on any atom is 0.279 e. The van der Waals surface area contributed by atoms with Gasteiger partial charge < -0.3 is 0 Å². The molecule has 1 aromatic carbocycles. The molecule has 2 rings (SSSR count). The monoisotopic (exact) mass is 257 g/mol. The summed E-state index contributed by atoms with van der Waals surface area (Å²) in [5.41, 5.74) is 2.09. The highest BCUT2D eigenvalue weighted by atomic mass is 35.5. The molecule has 1 amide bonds. The van der Waals surface area contributed by atoms with E-state index in [2.05, 4.69) is 5.48 Å². The van der Waals surface area contributed by atoms with Crippen LogP contribution in [-0.4, -0.2) is 12.0 Å². The fourth-order valence-electron chi connectivity index (χ4n) is 1.91. The van der Waals surface area contributed by atoms with E-state index in [0.29, 0.717) is 0 Å². The summed E-state index contributed by atoms with van der Waals surface area (Å²) < 4.78 is 13.4. The largest absolute Gasteiger partial charge is 0.279 e. The standard InChI is InChI=1S/C12H13ClFNO2/c13-9-6-3-7-10(14)11(9)12(16)15-17-8-4-1-2-5-8/h3,6-8H,1-2,4-5H2,(H,15,16). The molecule has 0 bridgehead atoms. The Morgan fingerprint density at radius 2 is 2.12 bits per heavy atom. The summed E-state index contributed by atoms with van der Waals surface area (Å²) in [5.74, 6) is -1.29. The average Bonchev–Trinajstić information content (AvgIpc) is 2.79. The number of hydrogen-bond acceptors (Lipinski definition) is 2. The van der Waals surface area contributed by atoms with Gasteiger partial charge in [-0.1, -0.05) is 30.5 Å². The van der Waals surface area contributed by atoms with E-state index in [0.717, 1.165) is 25.7 Å². The predicted octanol–water partition coefficient (Wildman–Crippen LogP) is 3.08. The SMILES string of the molecule is O=C(NOC1CCCC1)c1c(F)cccc1Cl. The van der Waals surface area contributed by atoms with Crippen LogP contribution in [0.5, 0.6) is 0 Å². The van der Waals surface area contributed by atoms with Crippen molar-refractivity contribution in [3.63, 3.8) is 0 Å². The van der Waals surface area contributed by atoms with Crippen LogP contribution in [0.3, 0.4) is 0 Å². The third-order valence-electron chi connectivity index (χ3n) is 2.81. The van der Waals surface area contributed by atoms with Crippen LogP contribution in [0.2, 0.25) is 5.02 Å². The molecule has 1 aliphatic carbocycles. The Balaban J connectivity index is 1.99. The first-order valence-corrected chi connectivity index (χ1v) is 5.96. The number of nitrogens with one attached hydrogen (secondary N) is 1. The molecule has 3 nitrogen and oxygen atoms in total. The molecular formula is C12H13ClFNO2. The molecule has 1 aromatic rings. The van der Waals surface area contributed by atoms with E-state index in [1.807, 2.05) is 0 Å². The van der Waals surface area contributed by atoms with Crippen LogP contribution in [-0.2, 0) is 4.84 Å². The highest BCUT2D eigenvalue weighted by molar-refractivity contribution is 6.33. The van der Waals surface area contributed by atoms with Crippen LogP contribution in [0.15, 0.2) is 18.2 Å². The van der Waals surface area contributed by atoms with Crippen molar-refractivity contribution in [2.45, 2.75) is 31.8 Å². The molecule has 0 spiro atoms. The summed E-state index contributed by atoms with van der Waals surface area (Å²) in [7, 11) is 0. The zero-order chi connectivity index (χ0) is 12.3. The van der Waals surface area contributed by atoms with Crippen molar-refractivity contribution in [2.24, 2.45) is 0 Å². The van der Waals surface area contributed by atoms with Gasteiger partial charge in [0.05, 0.1) is 16.7 Å². The Kier molecular flexibility index (Phi) is 3.97. The van der Waals surface area contributed by atoms with Gasteiger partial charge in [-0.05, 0) is 25.0 Å². The molecule has 0 saturated heterocycles. The van der Waals surface area contributed by atoms with Crippen molar-refractivity contribution in [2.75, 3.05) is 0 Å². The summed E-state index contributed by atoms with van der Waals surface area (Å²) in [4.78, 5) is 16.9. The Morgan fingerprint density at radius 1 is 1.41 bits per heavy atom. The van der Waals surface area contributed by atoms with E-state index in [4.69, 9.17) is 16.4 Å². The minimum Gasteiger partial charge on any atom is -0.270 e. The molecule has 1 saturated carbocycles. The minimum absolute atomic E-state index is 0.0319. The van der Waals surface area contributed by atoms with Crippen molar-refractivity contribution in [1.82, 2.24) is 5.48 Å². The number of halogens is 2. The van der Waals surface area contributed by atoms with Gasteiger partial charge in [-0.25, -0.2) is 9.87 Å². The Hall–Kier alpha value is -1.13. The molecule has 92 valence electrons. The lowest BCUT2D eigenvalue weighted by atomic mass is 10.2. The lowest BCUT2D eigenvalue weighted by molar-refractivity contribution is -0.0127. The van der Waals surface area contributed by atoms with Crippen molar-refractivity contribution in [1.29, 1.82) is 0 Å². The second-order valence-electron chi connectivity index (χ2n) is 4.05. The molecule has 1 N–H and O–H groups in total. The molecule has 0 atom stereocenters. The summed E-state index contributed by atoms with van der Waals surface area (Å²) in [6.07, 6.45) is 4.07. The smallest absolute Gasteiger partial charge is 0.270 e. The fraction of sp³-hybridized carbons (Fsp3) is 0.417. The lowest BCUT2D eigenvalue weighted by Crippen LogP contribution is -2.29. The van der Waals surface area contributed by atoms with E-state index >= 15 is 0 Å². The van der Waals surface area contributed by atoms with Gasteiger partial charge in [-0.15, -0.1) is 0 Å². The molecular weight excluding hydrogens is 245 g/mol. The molecule has 0 aliphatic heterocycles. The van der Waals surface area contributed by atoms with Crippen molar-refractivity contribution in [3.8, 4) is 0 Å². The number of carbonyl (C=O) groups excluding carboxylic acids is 1. The first-order chi connectivity index (χ1) is 8.18. The molecule has 0 radical (unpaired) electrons. The van der Waals surface area contributed by atoms with E-state index in [-0.39, 0.29) is 16.7 Å². The first kappa shape index (κ1) is 12.3. The van der Waals surface area contributed by atoms with E-state index < -0.39 is 11.7 Å². The second kappa shape index (κ2) is 5.47. The molecule has 5 heteroatoms. The van der Waals surface area contributed by atoms with Crippen LogP contribution in [0.1, 0.15) is 36.0 Å². The Bertz CT molecular complexity index is 399. The molecule has 0 heterocycles. The summed E-state index contributed by atoms with van der Waals surface area (Å²) >= 11 is 5.76. The van der Waals surface area contributed by atoms with Crippen molar-refractivity contribution < 1.29 is 14.0 Å². The zero-order valence-corrected chi connectivity index (χ0v) is 9.97. The molecule has 0 aromatic heterocycles. The Morgan fingerprint density at radius 3 is 2.76 bits per heavy atom. The van der Waals surface area contributed by atoms with Gasteiger partial charge in [0, 0.05) is 0 Å². The second-order valence-corrected chi connectivity index (χ2v) is 4.46. The molecule has 1 fully saturated rings. The van der Waals surface area contributed by atoms with Gasteiger partial charge >= 0.3 is 0 Å². The van der Waals surface area contributed by atoms with E-state index in [1.54, 1.807) is 0 Å². The Labute approximate surface area is 104 Å². The number of rotatable bonds is 3. The van der Waals surface area contributed by atoms with Gasteiger partial charge in [-0.2, -0.15) is 0 Å². The van der Waals surface area contributed by atoms with E-state index in [1.165, 1.54) is 18.2 Å². The summed E-state index contributed by atoms with van der Waals surface area (Å²) in [5, 5.41) is 0.0810. The van der Waals surface area contributed by atoms with Crippen LogP contribution in [0, 0.1) is 5.82 Å². The number of hydroxylamine groups is 1. The number of carbonyl (C=O) groups is 1. The lowest BCUT2D eigenvalue weighted by Gasteiger charge is -2.12. The topological polar surface area (TPSA) is 38.3 Å². The third kappa shape index (κ3) is 2.96. The van der Waals surface area contributed by atoms with Gasteiger partial charge in [0.15, 0.2) is 0 Å². The maximum atomic E-state index is 13.4. The highest BCUT2D eigenvalue weighted by Gasteiger charge is 2.20. The quantitative estimate of drug-likeness (QED) is 0.845. The summed E-state index contributed by atoms with van der Waals surface area (Å²) in [6, 6.07) is 4.11. The molecule has 0 unspecified atom stereocenters. The third-order valence-corrected chi connectivity index (χ3v) is 3.13. The van der Waals surface area contributed by atoms with E-state index in [9.17, 15) is 9.18 Å². The van der Waals surface area contributed by atoms with Crippen LogP contribution in [0.4, 0.5) is 4.39 Å². The first-order valence-electron chi connectivity index (χ1n) is 5.58. The van der Waals surface area contributed by atoms with Gasteiger partial charge in [0.2, 0.25) is 0 Å². The zero-order valence-electron chi connectivity index (χ0n) is 9.21. The maximum absolute atomic E-state index is 13.4. The van der Waals surface area contributed by atoms with Crippen LogP contribution >= 0.6 is 11.6 Å². The van der Waals surface area contributed by atoms with Gasteiger partial charge in [0.1, 0.15) is 5.82 Å². The van der Waals surface area contributed by atoms with Crippen LogP contribution in [0.25, 0.3) is 0 Å². The summed E-state index contributed by atoms with van der Waals surface area (Å²) in [6.45, 7) is 0. The number of benzene rings is 1. The normalized spacial score (nSPS) is 16.1. The van der Waals surface area contributed by atoms with Gasteiger partial charge in [-0.3, -0.25) is 9.63 Å². The highest BCUT2D eigenvalue weighted by Crippen LogP contribution is 2.21. The number of amides is 1. The molecule has 1 aliphatic rings. The predicted molar refractivity (Wildman–Crippen MR) is 62.2 cm³/mol. The van der Waals surface area contributed by atoms with Gasteiger partial charge in [0.25, 0.3) is 5.91 Å². The van der Waals surface area contributed by atoms with Crippen molar-refractivity contribution in [3.05, 3.63) is 34.6 Å². The molecule has 17 heavy (non-hydrogen) atoms. The fourth-order valence-corrected chi connectivity index (χ4v) is 2.16. The average molecular weight is 258 g/mol. The number of hydrogen-bond donors (Lipinski definition) is 1.